The molecule has 0 aromatic heterocycles. The summed E-state index contributed by atoms with van der Waals surface area (Å²) in [5, 5.41) is 3.67. The molecule has 0 radical (unpaired) electrons. The van der Waals surface area contributed by atoms with E-state index < -0.39 is 0 Å². The lowest BCUT2D eigenvalue weighted by Crippen LogP contribution is -2.50. The van der Waals surface area contributed by atoms with Crippen LogP contribution in [0.1, 0.15) is 5.56 Å². The molecular weight excluding hydrogens is 390 g/mol. The summed E-state index contributed by atoms with van der Waals surface area (Å²) in [7, 11) is 1.65. The second-order valence-electron chi connectivity index (χ2n) is 7.04. The normalized spacial score (nSPS) is 15.1. The molecule has 0 bridgehead atoms. The van der Waals surface area contributed by atoms with Crippen molar-refractivity contribution in [3.63, 3.8) is 0 Å². The predicted octanol–water partition coefficient (Wildman–Crippen LogP) is 2.66. The Morgan fingerprint density at radius 2 is 1.59 bits per heavy atom. The van der Waals surface area contributed by atoms with Crippen LogP contribution >= 0.6 is 11.6 Å². The minimum atomic E-state index is 0.0521. The molecule has 1 fully saturated rings. The van der Waals surface area contributed by atoms with Crippen molar-refractivity contribution < 1.29 is 14.3 Å². The number of halogens is 1. The zero-order valence-electron chi connectivity index (χ0n) is 16.8. The van der Waals surface area contributed by atoms with E-state index >= 15 is 0 Å². The first-order chi connectivity index (χ1) is 14.1. The first kappa shape index (κ1) is 21.4. The molecule has 3 rings (SSSR count). The van der Waals surface area contributed by atoms with Gasteiger partial charge in [-0.15, -0.1) is 0 Å². The number of rotatable bonds is 9. The van der Waals surface area contributed by atoms with Crippen molar-refractivity contribution in [2.75, 3.05) is 53.0 Å². The Labute approximate surface area is 177 Å². The van der Waals surface area contributed by atoms with Crippen LogP contribution in [0.25, 0.3) is 0 Å². The fourth-order valence-corrected chi connectivity index (χ4v) is 3.32. The van der Waals surface area contributed by atoms with Gasteiger partial charge in [0.2, 0.25) is 5.91 Å². The fourth-order valence-electron chi connectivity index (χ4n) is 3.20. The molecule has 1 N–H and O–H groups in total. The lowest BCUT2D eigenvalue weighted by atomic mass is 10.2. The van der Waals surface area contributed by atoms with Gasteiger partial charge in [0.15, 0.2) is 0 Å². The van der Waals surface area contributed by atoms with Crippen LogP contribution in [0, 0.1) is 0 Å². The molecule has 29 heavy (non-hydrogen) atoms. The van der Waals surface area contributed by atoms with Gasteiger partial charge in [-0.2, -0.15) is 0 Å². The zero-order valence-corrected chi connectivity index (χ0v) is 17.5. The average molecular weight is 418 g/mol. The van der Waals surface area contributed by atoms with E-state index in [0.29, 0.717) is 24.7 Å². The third kappa shape index (κ3) is 7.24. The first-order valence-corrected chi connectivity index (χ1v) is 10.2. The average Bonchev–Trinajstić information content (AvgIpc) is 2.75. The molecule has 1 aliphatic rings. The van der Waals surface area contributed by atoms with Crippen molar-refractivity contribution in [1.82, 2.24) is 15.1 Å². The molecule has 0 unspecified atom stereocenters. The van der Waals surface area contributed by atoms with E-state index in [-0.39, 0.29) is 5.91 Å². The molecule has 6 nitrogen and oxygen atoms in total. The summed E-state index contributed by atoms with van der Waals surface area (Å²) < 4.78 is 10.9. The van der Waals surface area contributed by atoms with Crippen LogP contribution in [-0.2, 0) is 11.3 Å². The van der Waals surface area contributed by atoms with Crippen molar-refractivity contribution in [2.45, 2.75) is 6.54 Å². The molecule has 1 aliphatic heterocycles. The Morgan fingerprint density at radius 1 is 0.966 bits per heavy atom. The topological polar surface area (TPSA) is 54.0 Å². The van der Waals surface area contributed by atoms with Crippen molar-refractivity contribution in [3.05, 3.63) is 59.1 Å². The Hall–Kier alpha value is -2.28. The third-order valence-corrected chi connectivity index (χ3v) is 5.22. The molecular formula is C22H28ClN3O3. The highest BCUT2D eigenvalue weighted by atomic mass is 35.5. The maximum atomic E-state index is 12.2. The number of methoxy groups -OCH3 is 1. The Morgan fingerprint density at radius 3 is 2.24 bits per heavy atom. The molecule has 2 aromatic rings. The Bertz CT molecular complexity index is 760. The van der Waals surface area contributed by atoms with E-state index in [0.717, 1.165) is 49.8 Å². The van der Waals surface area contributed by atoms with Crippen molar-refractivity contribution >= 4 is 17.5 Å². The second kappa shape index (κ2) is 11.0. The molecule has 156 valence electrons. The molecule has 1 saturated heterocycles. The van der Waals surface area contributed by atoms with Gasteiger partial charge in [0.1, 0.15) is 18.1 Å². The highest BCUT2D eigenvalue weighted by molar-refractivity contribution is 6.30. The highest BCUT2D eigenvalue weighted by Gasteiger charge is 2.18. The number of amides is 1. The monoisotopic (exact) mass is 417 g/mol. The van der Waals surface area contributed by atoms with Gasteiger partial charge in [-0.25, -0.2) is 0 Å². The van der Waals surface area contributed by atoms with Crippen LogP contribution in [0.2, 0.25) is 5.02 Å². The van der Waals surface area contributed by atoms with Gasteiger partial charge in [-0.3, -0.25) is 14.6 Å². The molecule has 0 atom stereocenters. The molecule has 1 amide bonds. The molecule has 7 heteroatoms. The van der Waals surface area contributed by atoms with Gasteiger partial charge in [-0.1, -0.05) is 23.7 Å². The lowest BCUT2D eigenvalue weighted by Gasteiger charge is -2.34. The standard InChI is InChI=1S/C22H28ClN3O3/c1-28-20-6-8-21(9-7-20)29-15-14-25-10-12-26(13-11-25)17-22(27)24-16-18-2-4-19(23)5-3-18/h2-9H,10-17H2,1H3,(H,24,27). The van der Waals surface area contributed by atoms with Gasteiger partial charge < -0.3 is 14.8 Å². The number of piperazine rings is 1. The van der Waals surface area contributed by atoms with Crippen molar-refractivity contribution in [1.29, 1.82) is 0 Å². The Kier molecular flexibility index (Phi) is 8.16. The second-order valence-corrected chi connectivity index (χ2v) is 7.48. The van der Waals surface area contributed by atoms with Gasteiger partial charge in [0.05, 0.1) is 13.7 Å². The van der Waals surface area contributed by atoms with Crippen molar-refractivity contribution in [3.8, 4) is 11.5 Å². The summed E-state index contributed by atoms with van der Waals surface area (Å²) in [5.41, 5.74) is 1.05. The van der Waals surface area contributed by atoms with Gasteiger partial charge in [-0.05, 0) is 42.0 Å². The van der Waals surface area contributed by atoms with Crippen LogP contribution in [-0.4, -0.2) is 68.7 Å². The van der Waals surface area contributed by atoms with E-state index in [1.165, 1.54) is 0 Å². The maximum Gasteiger partial charge on any atom is 0.234 e. The Balaban J connectivity index is 1.29. The van der Waals surface area contributed by atoms with Gasteiger partial charge in [0.25, 0.3) is 0 Å². The lowest BCUT2D eigenvalue weighted by molar-refractivity contribution is -0.122. The summed E-state index contributed by atoms with van der Waals surface area (Å²) >= 11 is 5.88. The fraction of sp³-hybridized carbons (Fsp3) is 0.409. The number of carbonyl (C=O) groups is 1. The van der Waals surface area contributed by atoms with Crippen LogP contribution in [0.5, 0.6) is 11.5 Å². The van der Waals surface area contributed by atoms with Crippen LogP contribution in [0.3, 0.4) is 0 Å². The first-order valence-electron chi connectivity index (χ1n) is 9.85. The number of ether oxygens (including phenoxy) is 2. The molecule has 0 saturated carbocycles. The smallest absolute Gasteiger partial charge is 0.234 e. The summed E-state index contributed by atoms with van der Waals surface area (Å²) in [6.45, 7) is 6.14. The highest BCUT2D eigenvalue weighted by Crippen LogP contribution is 2.17. The van der Waals surface area contributed by atoms with Crippen LogP contribution < -0.4 is 14.8 Å². The van der Waals surface area contributed by atoms with E-state index in [9.17, 15) is 4.79 Å². The number of hydrogen-bond acceptors (Lipinski definition) is 5. The number of nitrogens with zero attached hydrogens (tertiary/aromatic N) is 2. The third-order valence-electron chi connectivity index (χ3n) is 4.97. The molecule has 0 spiro atoms. The summed E-state index contributed by atoms with van der Waals surface area (Å²) in [4.78, 5) is 16.7. The number of carbonyl (C=O) groups excluding carboxylic acids is 1. The molecule has 1 heterocycles. The summed E-state index contributed by atoms with van der Waals surface area (Å²) in [6, 6.07) is 15.1. The van der Waals surface area contributed by atoms with E-state index in [1.807, 2.05) is 48.5 Å². The zero-order chi connectivity index (χ0) is 20.5. The van der Waals surface area contributed by atoms with Crippen molar-refractivity contribution in [2.24, 2.45) is 0 Å². The van der Waals surface area contributed by atoms with E-state index in [4.69, 9.17) is 21.1 Å². The van der Waals surface area contributed by atoms with Gasteiger partial charge in [0, 0.05) is 44.3 Å². The number of hydrogen-bond donors (Lipinski definition) is 1. The summed E-state index contributed by atoms with van der Waals surface area (Å²) in [6.07, 6.45) is 0. The van der Waals surface area contributed by atoms with Gasteiger partial charge >= 0.3 is 0 Å². The van der Waals surface area contributed by atoms with E-state index in [1.54, 1.807) is 7.11 Å². The molecule has 0 aliphatic carbocycles. The minimum absolute atomic E-state index is 0.0521. The minimum Gasteiger partial charge on any atom is -0.497 e. The SMILES string of the molecule is COc1ccc(OCCN2CCN(CC(=O)NCc3ccc(Cl)cc3)CC2)cc1. The number of nitrogens with one attached hydrogen (secondary N) is 1. The summed E-state index contributed by atoms with van der Waals surface area (Å²) in [5.74, 6) is 1.73. The molecule has 2 aromatic carbocycles. The quantitative estimate of drug-likeness (QED) is 0.679. The van der Waals surface area contributed by atoms with Crippen LogP contribution in [0.4, 0.5) is 0 Å². The largest absolute Gasteiger partial charge is 0.497 e. The predicted molar refractivity (Wildman–Crippen MR) is 115 cm³/mol. The van der Waals surface area contributed by atoms with Crippen LogP contribution in [0.15, 0.2) is 48.5 Å². The number of benzene rings is 2. The van der Waals surface area contributed by atoms with E-state index in [2.05, 4.69) is 15.1 Å². The maximum absolute atomic E-state index is 12.2.